The molecule has 1 amide bonds. The lowest BCUT2D eigenvalue weighted by Gasteiger charge is -2.16. The number of benzene rings is 1. The smallest absolute Gasteiger partial charge is 0.240 e. The molecule has 0 bridgehead atoms. The minimum Gasteiger partial charge on any atom is -0.273 e. The van der Waals surface area contributed by atoms with Crippen molar-refractivity contribution in [2.45, 2.75) is 12.8 Å². The van der Waals surface area contributed by atoms with Crippen LogP contribution >= 0.6 is 0 Å². The fourth-order valence-corrected chi connectivity index (χ4v) is 2.19. The van der Waals surface area contributed by atoms with E-state index >= 15 is 0 Å². The second-order valence-electron chi connectivity index (χ2n) is 4.15. The Labute approximate surface area is 99.7 Å². The molecule has 3 rings (SSSR count). The molecule has 0 spiro atoms. The quantitative estimate of drug-likeness (QED) is 0.746. The SMILES string of the molecule is CC1C(=O)N(c2ccccc2)c2ncccc21. The molecule has 3 nitrogen and oxygen atoms in total. The second kappa shape index (κ2) is 3.70. The molecule has 0 aliphatic carbocycles. The number of carbonyl (C=O) groups is 1. The normalized spacial score (nSPS) is 18.3. The third kappa shape index (κ3) is 1.43. The highest BCUT2D eigenvalue weighted by Gasteiger charge is 2.35. The molecule has 1 aromatic heterocycles. The number of aromatic nitrogens is 1. The molecular weight excluding hydrogens is 212 g/mol. The summed E-state index contributed by atoms with van der Waals surface area (Å²) >= 11 is 0. The summed E-state index contributed by atoms with van der Waals surface area (Å²) in [5.41, 5.74) is 1.88. The summed E-state index contributed by atoms with van der Waals surface area (Å²) in [7, 11) is 0. The Hall–Kier alpha value is -2.16. The van der Waals surface area contributed by atoms with Crippen LogP contribution in [0.15, 0.2) is 48.7 Å². The Morgan fingerprint density at radius 2 is 1.88 bits per heavy atom. The predicted molar refractivity (Wildman–Crippen MR) is 66.2 cm³/mol. The Balaban J connectivity index is 2.16. The third-order valence-corrected chi connectivity index (χ3v) is 3.10. The molecule has 84 valence electrons. The van der Waals surface area contributed by atoms with Crippen LogP contribution in [0.25, 0.3) is 0 Å². The van der Waals surface area contributed by atoms with Crippen LogP contribution in [0.1, 0.15) is 18.4 Å². The van der Waals surface area contributed by atoms with E-state index in [0.29, 0.717) is 0 Å². The monoisotopic (exact) mass is 224 g/mol. The lowest BCUT2D eigenvalue weighted by atomic mass is 10.1. The highest BCUT2D eigenvalue weighted by Crippen LogP contribution is 2.39. The van der Waals surface area contributed by atoms with Crippen LogP contribution in [0.5, 0.6) is 0 Å². The van der Waals surface area contributed by atoms with Crippen molar-refractivity contribution in [3.05, 3.63) is 54.2 Å². The number of fused-ring (bicyclic) bond motifs is 1. The molecular formula is C14H12N2O. The van der Waals surface area contributed by atoms with Gasteiger partial charge in [-0.3, -0.25) is 9.69 Å². The highest BCUT2D eigenvalue weighted by atomic mass is 16.2. The van der Waals surface area contributed by atoms with Gasteiger partial charge in [0.25, 0.3) is 0 Å². The largest absolute Gasteiger partial charge is 0.273 e. The number of anilines is 2. The average molecular weight is 224 g/mol. The zero-order valence-electron chi connectivity index (χ0n) is 9.50. The van der Waals surface area contributed by atoms with Gasteiger partial charge in [0, 0.05) is 11.8 Å². The number of carbonyl (C=O) groups excluding carboxylic acids is 1. The van der Waals surface area contributed by atoms with E-state index in [1.165, 1.54) is 0 Å². The highest BCUT2D eigenvalue weighted by molar-refractivity contribution is 6.08. The summed E-state index contributed by atoms with van der Waals surface area (Å²) in [6, 6.07) is 13.5. The van der Waals surface area contributed by atoms with Gasteiger partial charge in [-0.05, 0) is 25.1 Å². The lowest BCUT2D eigenvalue weighted by Crippen LogP contribution is -2.23. The third-order valence-electron chi connectivity index (χ3n) is 3.10. The molecule has 1 aliphatic rings. The number of amides is 1. The maximum Gasteiger partial charge on any atom is 0.240 e. The van der Waals surface area contributed by atoms with Crippen molar-refractivity contribution in [1.29, 1.82) is 0 Å². The van der Waals surface area contributed by atoms with Crippen molar-refractivity contribution in [1.82, 2.24) is 4.98 Å². The maximum absolute atomic E-state index is 12.2. The van der Waals surface area contributed by atoms with Gasteiger partial charge in [0.15, 0.2) is 0 Å². The van der Waals surface area contributed by atoms with E-state index in [4.69, 9.17) is 0 Å². The lowest BCUT2D eigenvalue weighted by molar-refractivity contribution is -0.118. The summed E-state index contributed by atoms with van der Waals surface area (Å²) < 4.78 is 0. The number of hydrogen-bond donors (Lipinski definition) is 0. The van der Waals surface area contributed by atoms with E-state index in [1.807, 2.05) is 49.4 Å². The molecule has 2 aromatic rings. The van der Waals surface area contributed by atoms with E-state index < -0.39 is 0 Å². The van der Waals surface area contributed by atoms with Crippen molar-refractivity contribution >= 4 is 17.4 Å². The number of pyridine rings is 1. The molecule has 2 heterocycles. The zero-order chi connectivity index (χ0) is 11.8. The first-order chi connectivity index (χ1) is 8.29. The average Bonchev–Trinajstić information content (AvgIpc) is 2.64. The van der Waals surface area contributed by atoms with Crippen LogP contribution in [0, 0.1) is 0 Å². The van der Waals surface area contributed by atoms with E-state index in [-0.39, 0.29) is 11.8 Å². The van der Waals surface area contributed by atoms with E-state index in [1.54, 1.807) is 11.1 Å². The van der Waals surface area contributed by atoms with Crippen LogP contribution in [0.3, 0.4) is 0 Å². The Morgan fingerprint density at radius 3 is 2.65 bits per heavy atom. The first-order valence-electron chi connectivity index (χ1n) is 5.63. The van der Waals surface area contributed by atoms with Gasteiger partial charge < -0.3 is 0 Å². The van der Waals surface area contributed by atoms with Gasteiger partial charge in [0.05, 0.1) is 11.6 Å². The fraction of sp³-hybridized carbons (Fsp3) is 0.143. The number of rotatable bonds is 1. The molecule has 0 N–H and O–H groups in total. The zero-order valence-corrected chi connectivity index (χ0v) is 9.50. The number of nitrogens with zero attached hydrogens (tertiary/aromatic N) is 2. The van der Waals surface area contributed by atoms with E-state index in [0.717, 1.165) is 17.1 Å². The minimum absolute atomic E-state index is 0.0879. The summed E-state index contributed by atoms with van der Waals surface area (Å²) in [5, 5.41) is 0. The minimum atomic E-state index is -0.112. The van der Waals surface area contributed by atoms with Crippen molar-refractivity contribution in [2.75, 3.05) is 4.90 Å². The molecule has 1 unspecified atom stereocenters. The van der Waals surface area contributed by atoms with Gasteiger partial charge in [-0.1, -0.05) is 24.3 Å². The number of para-hydroxylation sites is 1. The van der Waals surface area contributed by atoms with Gasteiger partial charge in [-0.2, -0.15) is 0 Å². The molecule has 0 saturated carbocycles. The first-order valence-corrected chi connectivity index (χ1v) is 5.63. The Bertz CT molecular complexity index is 565. The summed E-state index contributed by atoms with van der Waals surface area (Å²) in [4.78, 5) is 18.3. The summed E-state index contributed by atoms with van der Waals surface area (Å²) in [6.45, 7) is 1.92. The number of hydrogen-bond acceptors (Lipinski definition) is 2. The van der Waals surface area contributed by atoms with Gasteiger partial charge in [-0.15, -0.1) is 0 Å². The van der Waals surface area contributed by atoms with Crippen molar-refractivity contribution < 1.29 is 4.79 Å². The summed E-state index contributed by atoms with van der Waals surface area (Å²) in [5.74, 6) is 0.736. The van der Waals surface area contributed by atoms with E-state index in [9.17, 15) is 4.79 Å². The molecule has 17 heavy (non-hydrogen) atoms. The van der Waals surface area contributed by atoms with Crippen LogP contribution in [0.4, 0.5) is 11.5 Å². The summed E-state index contributed by atoms with van der Waals surface area (Å²) in [6.07, 6.45) is 1.72. The van der Waals surface area contributed by atoms with Crippen molar-refractivity contribution in [3.8, 4) is 0 Å². The molecule has 3 heteroatoms. The first kappa shape index (κ1) is 10.0. The Kier molecular flexibility index (Phi) is 2.18. The molecule has 1 aliphatic heterocycles. The molecule has 0 radical (unpaired) electrons. The topological polar surface area (TPSA) is 33.2 Å². The van der Waals surface area contributed by atoms with Crippen molar-refractivity contribution in [2.24, 2.45) is 0 Å². The fourth-order valence-electron chi connectivity index (χ4n) is 2.19. The molecule has 1 aromatic carbocycles. The predicted octanol–water partition coefficient (Wildman–Crippen LogP) is 2.86. The van der Waals surface area contributed by atoms with Crippen LogP contribution < -0.4 is 4.90 Å². The van der Waals surface area contributed by atoms with Crippen LogP contribution in [0.2, 0.25) is 0 Å². The molecule has 1 atom stereocenters. The standard InChI is InChI=1S/C14H12N2O/c1-10-12-8-5-9-15-13(12)16(14(10)17)11-6-3-2-4-7-11/h2-10H,1H3. The van der Waals surface area contributed by atoms with Gasteiger partial charge in [0.2, 0.25) is 5.91 Å². The maximum atomic E-state index is 12.2. The van der Waals surface area contributed by atoms with Crippen LogP contribution in [-0.4, -0.2) is 10.9 Å². The van der Waals surface area contributed by atoms with Crippen LogP contribution in [-0.2, 0) is 4.79 Å². The van der Waals surface area contributed by atoms with Gasteiger partial charge in [0.1, 0.15) is 5.82 Å². The Morgan fingerprint density at radius 1 is 1.12 bits per heavy atom. The van der Waals surface area contributed by atoms with Gasteiger partial charge in [-0.25, -0.2) is 4.98 Å². The second-order valence-corrected chi connectivity index (χ2v) is 4.15. The molecule has 0 saturated heterocycles. The van der Waals surface area contributed by atoms with E-state index in [2.05, 4.69) is 4.98 Å². The molecule has 0 fully saturated rings. The van der Waals surface area contributed by atoms with Gasteiger partial charge >= 0.3 is 0 Å². The van der Waals surface area contributed by atoms with Crippen molar-refractivity contribution in [3.63, 3.8) is 0 Å².